The number of aryl methyl sites for hydroxylation is 1. The van der Waals surface area contributed by atoms with Crippen molar-refractivity contribution in [3.63, 3.8) is 0 Å². The molecule has 16 heavy (non-hydrogen) atoms. The predicted octanol–water partition coefficient (Wildman–Crippen LogP) is 2.75. The third kappa shape index (κ3) is 1.81. The summed E-state index contributed by atoms with van der Waals surface area (Å²) in [5, 5.41) is 10.4. The smallest absolute Gasteiger partial charge is 0.426 e. The van der Waals surface area contributed by atoms with Crippen LogP contribution >= 0.6 is 23.2 Å². The van der Waals surface area contributed by atoms with E-state index in [-0.39, 0.29) is 11.6 Å². The van der Waals surface area contributed by atoms with Crippen LogP contribution in [0.5, 0.6) is 5.88 Å². The normalized spacial score (nSPS) is 10.7. The van der Waals surface area contributed by atoms with Gasteiger partial charge in [-0.3, -0.25) is 0 Å². The number of hydrogen-bond acceptors (Lipinski definition) is 3. The van der Waals surface area contributed by atoms with Crippen molar-refractivity contribution < 1.29 is 9.52 Å². The van der Waals surface area contributed by atoms with Gasteiger partial charge < -0.3 is 9.52 Å². The summed E-state index contributed by atoms with van der Waals surface area (Å²) in [7, 11) is 0. The Hall–Kier alpha value is -1.39. The maximum absolute atomic E-state index is 11.4. The van der Waals surface area contributed by atoms with Crippen molar-refractivity contribution in [1.82, 2.24) is 4.57 Å². The SMILES string of the molecule is Cc1oc(=O)n(-c2cc(Cl)cc(Cl)c2)c1O. The summed E-state index contributed by atoms with van der Waals surface area (Å²) < 4.78 is 5.74. The first-order valence-corrected chi connectivity index (χ1v) is 5.12. The molecule has 0 spiro atoms. The summed E-state index contributed by atoms with van der Waals surface area (Å²) in [4.78, 5) is 11.4. The molecule has 2 aromatic rings. The van der Waals surface area contributed by atoms with Gasteiger partial charge in [-0.05, 0) is 25.1 Å². The Morgan fingerprint density at radius 1 is 1.25 bits per heavy atom. The van der Waals surface area contributed by atoms with E-state index in [4.69, 9.17) is 27.6 Å². The molecule has 0 radical (unpaired) electrons. The van der Waals surface area contributed by atoms with E-state index in [1.807, 2.05) is 0 Å². The summed E-state index contributed by atoms with van der Waals surface area (Å²) in [6, 6.07) is 4.54. The highest BCUT2D eigenvalue weighted by atomic mass is 35.5. The zero-order chi connectivity index (χ0) is 11.9. The topological polar surface area (TPSA) is 55.4 Å². The van der Waals surface area contributed by atoms with Crippen molar-refractivity contribution in [2.45, 2.75) is 6.92 Å². The second-order valence-corrected chi connectivity index (χ2v) is 4.08. The van der Waals surface area contributed by atoms with Gasteiger partial charge in [-0.15, -0.1) is 0 Å². The van der Waals surface area contributed by atoms with Gasteiger partial charge in [0.1, 0.15) is 0 Å². The summed E-state index contributed by atoms with van der Waals surface area (Å²) in [5.74, 6) is -0.808. The Morgan fingerprint density at radius 3 is 2.25 bits per heavy atom. The molecule has 0 aliphatic heterocycles. The molecule has 1 aromatic carbocycles. The van der Waals surface area contributed by atoms with Crippen molar-refractivity contribution in [3.05, 3.63) is 44.6 Å². The van der Waals surface area contributed by atoms with Crippen LogP contribution in [0.4, 0.5) is 0 Å². The zero-order valence-corrected chi connectivity index (χ0v) is 9.71. The van der Waals surface area contributed by atoms with Gasteiger partial charge in [-0.2, -0.15) is 0 Å². The number of aromatic nitrogens is 1. The van der Waals surface area contributed by atoms with Crippen molar-refractivity contribution in [2.75, 3.05) is 0 Å². The third-order valence-electron chi connectivity index (χ3n) is 2.06. The van der Waals surface area contributed by atoms with Gasteiger partial charge in [0.2, 0.25) is 5.88 Å². The fourth-order valence-corrected chi connectivity index (χ4v) is 1.88. The summed E-state index contributed by atoms with van der Waals surface area (Å²) >= 11 is 11.6. The van der Waals surface area contributed by atoms with E-state index in [0.717, 1.165) is 4.57 Å². The van der Waals surface area contributed by atoms with Gasteiger partial charge in [0.05, 0.1) is 5.69 Å². The van der Waals surface area contributed by atoms with Crippen LogP contribution < -0.4 is 5.76 Å². The lowest BCUT2D eigenvalue weighted by atomic mass is 10.3. The molecule has 4 nitrogen and oxygen atoms in total. The lowest BCUT2D eigenvalue weighted by Crippen LogP contribution is -2.11. The first-order valence-electron chi connectivity index (χ1n) is 4.37. The Labute approximate surface area is 101 Å². The number of oxazole rings is 1. The summed E-state index contributed by atoms with van der Waals surface area (Å²) in [6.07, 6.45) is 0. The number of hydrogen-bond donors (Lipinski definition) is 1. The van der Waals surface area contributed by atoms with Gasteiger partial charge in [0, 0.05) is 10.0 Å². The average Bonchev–Trinajstić information content (AvgIpc) is 2.39. The Kier molecular flexibility index (Phi) is 2.69. The minimum absolute atomic E-state index is 0.140. The molecule has 0 atom stereocenters. The van der Waals surface area contributed by atoms with Gasteiger partial charge in [-0.1, -0.05) is 23.2 Å². The van der Waals surface area contributed by atoms with Crippen LogP contribution in [0.25, 0.3) is 5.69 Å². The predicted molar refractivity (Wildman–Crippen MR) is 60.7 cm³/mol. The first kappa shape index (κ1) is 11.1. The van der Waals surface area contributed by atoms with E-state index in [0.29, 0.717) is 15.7 Å². The van der Waals surface area contributed by atoms with Crippen LogP contribution in [0.3, 0.4) is 0 Å². The highest BCUT2D eigenvalue weighted by Crippen LogP contribution is 2.25. The minimum atomic E-state index is -0.687. The lowest BCUT2D eigenvalue weighted by molar-refractivity contribution is 0.428. The van der Waals surface area contributed by atoms with Gasteiger partial charge >= 0.3 is 5.76 Å². The highest BCUT2D eigenvalue weighted by Gasteiger charge is 2.14. The van der Waals surface area contributed by atoms with E-state index >= 15 is 0 Å². The van der Waals surface area contributed by atoms with E-state index in [1.165, 1.54) is 25.1 Å². The molecule has 6 heteroatoms. The second-order valence-electron chi connectivity index (χ2n) is 3.21. The molecular formula is C10H7Cl2NO3. The molecule has 0 saturated carbocycles. The standard InChI is InChI=1S/C10H7Cl2NO3/c1-5-9(14)13(10(15)16-5)8-3-6(11)2-7(12)4-8/h2-4,14H,1H3. The summed E-state index contributed by atoms with van der Waals surface area (Å²) in [6.45, 7) is 1.49. The third-order valence-corrected chi connectivity index (χ3v) is 2.49. The van der Waals surface area contributed by atoms with Gasteiger partial charge in [0.25, 0.3) is 0 Å². The van der Waals surface area contributed by atoms with Crippen molar-refractivity contribution in [1.29, 1.82) is 0 Å². The molecule has 84 valence electrons. The molecule has 1 aromatic heterocycles. The van der Waals surface area contributed by atoms with Crippen LogP contribution in [0.15, 0.2) is 27.4 Å². The van der Waals surface area contributed by atoms with E-state index < -0.39 is 5.76 Å². The van der Waals surface area contributed by atoms with E-state index in [9.17, 15) is 9.90 Å². The Morgan fingerprint density at radius 2 is 1.81 bits per heavy atom. The number of nitrogens with zero attached hydrogens (tertiary/aromatic N) is 1. The molecule has 0 saturated heterocycles. The fourth-order valence-electron chi connectivity index (χ4n) is 1.36. The fraction of sp³-hybridized carbons (Fsp3) is 0.100. The first-order chi connectivity index (χ1) is 7.49. The largest absolute Gasteiger partial charge is 0.492 e. The monoisotopic (exact) mass is 259 g/mol. The maximum Gasteiger partial charge on any atom is 0.426 e. The molecule has 0 unspecified atom stereocenters. The molecule has 2 rings (SSSR count). The second kappa shape index (κ2) is 3.88. The molecule has 1 heterocycles. The average molecular weight is 260 g/mol. The van der Waals surface area contributed by atoms with Crippen molar-refractivity contribution in [2.24, 2.45) is 0 Å². The van der Waals surface area contributed by atoms with Crippen molar-refractivity contribution >= 4 is 23.2 Å². The number of aromatic hydroxyl groups is 1. The molecule has 0 fully saturated rings. The van der Waals surface area contributed by atoms with Gasteiger partial charge in [-0.25, -0.2) is 9.36 Å². The molecule has 0 amide bonds. The number of benzene rings is 1. The van der Waals surface area contributed by atoms with Crippen LogP contribution in [-0.2, 0) is 0 Å². The minimum Gasteiger partial charge on any atom is -0.492 e. The zero-order valence-electron chi connectivity index (χ0n) is 8.20. The number of halogens is 2. The highest BCUT2D eigenvalue weighted by molar-refractivity contribution is 6.34. The van der Waals surface area contributed by atoms with E-state index in [1.54, 1.807) is 0 Å². The maximum atomic E-state index is 11.4. The quantitative estimate of drug-likeness (QED) is 0.857. The molecule has 0 bridgehead atoms. The molecule has 0 aliphatic carbocycles. The molecular weight excluding hydrogens is 253 g/mol. The van der Waals surface area contributed by atoms with Crippen LogP contribution in [-0.4, -0.2) is 9.67 Å². The van der Waals surface area contributed by atoms with Crippen LogP contribution in [0.2, 0.25) is 10.0 Å². The van der Waals surface area contributed by atoms with Crippen LogP contribution in [0.1, 0.15) is 5.76 Å². The Balaban J connectivity index is 2.72. The molecule has 0 aliphatic rings. The lowest BCUT2D eigenvalue weighted by Gasteiger charge is -2.03. The Bertz CT molecular complexity index is 580. The van der Waals surface area contributed by atoms with Crippen LogP contribution in [0, 0.1) is 6.92 Å². The van der Waals surface area contributed by atoms with Crippen molar-refractivity contribution in [3.8, 4) is 11.6 Å². The summed E-state index contributed by atoms with van der Waals surface area (Å²) in [5.41, 5.74) is 0.358. The van der Waals surface area contributed by atoms with Gasteiger partial charge in [0.15, 0.2) is 5.76 Å². The number of rotatable bonds is 1. The van der Waals surface area contributed by atoms with E-state index in [2.05, 4.69) is 0 Å². The molecule has 1 N–H and O–H groups in total.